The van der Waals surface area contributed by atoms with E-state index in [-0.39, 0.29) is 11.5 Å². The Hall–Kier alpha value is -2.80. The van der Waals surface area contributed by atoms with Gasteiger partial charge in [0.2, 0.25) is 5.91 Å². The smallest absolute Gasteiger partial charge is 0.267 e. The summed E-state index contributed by atoms with van der Waals surface area (Å²) >= 11 is 1.53. The van der Waals surface area contributed by atoms with Crippen molar-refractivity contribution in [2.24, 2.45) is 0 Å². The number of nitrogens with zero attached hydrogens (tertiary/aromatic N) is 3. The van der Waals surface area contributed by atoms with Crippen LogP contribution in [0.5, 0.6) is 0 Å². The fraction of sp³-hybridized carbons (Fsp3) is 0.125. The molecule has 3 aromatic rings. The van der Waals surface area contributed by atoms with Crippen molar-refractivity contribution in [3.63, 3.8) is 0 Å². The molecule has 0 aliphatic rings. The molecule has 23 heavy (non-hydrogen) atoms. The number of thiophene rings is 1. The number of anilines is 1. The summed E-state index contributed by atoms with van der Waals surface area (Å²) in [7, 11) is 0. The summed E-state index contributed by atoms with van der Waals surface area (Å²) in [5.74, 6) is -0.311. The summed E-state index contributed by atoms with van der Waals surface area (Å²) in [4.78, 5) is 29.2. The summed E-state index contributed by atoms with van der Waals surface area (Å²) in [5.41, 5.74) is 0.977. The van der Waals surface area contributed by atoms with Gasteiger partial charge in [-0.3, -0.25) is 14.6 Å². The highest BCUT2D eigenvalue weighted by molar-refractivity contribution is 7.13. The predicted octanol–water partition coefficient (Wildman–Crippen LogP) is 2.57. The van der Waals surface area contributed by atoms with Gasteiger partial charge in [0.05, 0.1) is 4.88 Å². The molecule has 1 N–H and O–H groups in total. The summed E-state index contributed by atoms with van der Waals surface area (Å²) in [6.45, 7) is 1.64. The zero-order valence-electron chi connectivity index (χ0n) is 12.3. The van der Waals surface area contributed by atoms with Gasteiger partial charge in [0.1, 0.15) is 11.7 Å². The molecule has 1 amide bonds. The Morgan fingerprint density at radius 1 is 1.22 bits per heavy atom. The summed E-state index contributed by atoms with van der Waals surface area (Å²) in [6, 6.07) is 9.57. The van der Waals surface area contributed by atoms with Gasteiger partial charge in [-0.2, -0.15) is 5.10 Å². The SMILES string of the molecule is CC(C(=O)Nc1ccncc1)n1nc(-c2cccs2)ccc1=O. The minimum absolute atomic E-state index is 0.311. The van der Waals surface area contributed by atoms with Gasteiger partial charge in [0, 0.05) is 24.1 Å². The zero-order valence-corrected chi connectivity index (χ0v) is 13.2. The topological polar surface area (TPSA) is 76.9 Å². The number of pyridine rings is 1. The lowest BCUT2D eigenvalue weighted by atomic mass is 10.3. The second-order valence-electron chi connectivity index (χ2n) is 4.88. The Labute approximate surface area is 136 Å². The Morgan fingerprint density at radius 2 is 2.00 bits per heavy atom. The Balaban J connectivity index is 1.87. The molecule has 0 aliphatic heterocycles. The molecule has 3 rings (SSSR count). The normalized spacial score (nSPS) is 11.9. The summed E-state index contributed by atoms with van der Waals surface area (Å²) in [5, 5.41) is 9.00. The molecule has 7 heteroatoms. The van der Waals surface area contributed by atoms with Crippen LogP contribution in [-0.2, 0) is 4.79 Å². The van der Waals surface area contributed by atoms with Gasteiger partial charge in [-0.1, -0.05) is 6.07 Å². The standard InChI is InChI=1S/C16H14N4O2S/c1-11(16(22)18-12-6-8-17-9-7-12)20-15(21)5-4-13(19-20)14-3-2-10-23-14/h2-11H,1H3,(H,17,18,22). The van der Waals surface area contributed by atoms with Crippen LogP contribution in [0.3, 0.4) is 0 Å². The average molecular weight is 326 g/mol. The molecule has 116 valence electrons. The van der Waals surface area contributed by atoms with Crippen molar-refractivity contribution in [3.05, 3.63) is 64.5 Å². The average Bonchev–Trinajstić information content (AvgIpc) is 3.10. The Kier molecular flexibility index (Phi) is 4.29. The molecule has 3 heterocycles. The van der Waals surface area contributed by atoms with E-state index in [2.05, 4.69) is 15.4 Å². The van der Waals surface area contributed by atoms with Crippen LogP contribution in [0.25, 0.3) is 10.6 Å². The number of carbonyl (C=O) groups excluding carboxylic acids is 1. The first-order chi connectivity index (χ1) is 11.1. The van der Waals surface area contributed by atoms with Crippen molar-refractivity contribution in [1.82, 2.24) is 14.8 Å². The Bertz CT molecular complexity index is 859. The van der Waals surface area contributed by atoms with Crippen LogP contribution in [0.4, 0.5) is 5.69 Å². The van der Waals surface area contributed by atoms with Crippen molar-refractivity contribution < 1.29 is 4.79 Å². The summed E-state index contributed by atoms with van der Waals surface area (Å²) in [6.07, 6.45) is 3.17. The molecule has 0 radical (unpaired) electrons. The maximum absolute atomic E-state index is 12.3. The molecule has 3 aromatic heterocycles. The minimum Gasteiger partial charge on any atom is -0.324 e. The summed E-state index contributed by atoms with van der Waals surface area (Å²) < 4.78 is 1.20. The third kappa shape index (κ3) is 3.35. The Morgan fingerprint density at radius 3 is 2.70 bits per heavy atom. The van der Waals surface area contributed by atoms with E-state index in [4.69, 9.17) is 0 Å². The highest BCUT2D eigenvalue weighted by atomic mass is 32.1. The lowest BCUT2D eigenvalue weighted by Crippen LogP contribution is -2.33. The monoisotopic (exact) mass is 326 g/mol. The fourth-order valence-electron chi connectivity index (χ4n) is 2.05. The van der Waals surface area contributed by atoms with E-state index < -0.39 is 6.04 Å². The van der Waals surface area contributed by atoms with Crippen LogP contribution in [0.1, 0.15) is 13.0 Å². The van der Waals surface area contributed by atoms with Gasteiger partial charge < -0.3 is 5.32 Å². The molecule has 0 bridgehead atoms. The molecule has 0 saturated heterocycles. The van der Waals surface area contributed by atoms with Crippen molar-refractivity contribution in [1.29, 1.82) is 0 Å². The molecule has 0 spiro atoms. The third-order valence-electron chi connectivity index (χ3n) is 3.29. The van der Waals surface area contributed by atoms with E-state index >= 15 is 0 Å². The first-order valence-corrected chi connectivity index (χ1v) is 7.88. The molecule has 1 atom stereocenters. The van der Waals surface area contributed by atoms with E-state index in [1.165, 1.54) is 22.1 Å². The van der Waals surface area contributed by atoms with Gasteiger partial charge >= 0.3 is 0 Å². The minimum atomic E-state index is -0.726. The number of aromatic nitrogens is 3. The number of carbonyl (C=O) groups is 1. The third-order valence-corrected chi connectivity index (χ3v) is 4.19. The van der Waals surface area contributed by atoms with Gasteiger partial charge in [-0.25, -0.2) is 4.68 Å². The molecule has 6 nitrogen and oxygen atoms in total. The second-order valence-corrected chi connectivity index (χ2v) is 5.83. The van der Waals surface area contributed by atoms with Crippen LogP contribution in [0.2, 0.25) is 0 Å². The van der Waals surface area contributed by atoms with E-state index in [1.807, 2.05) is 17.5 Å². The maximum atomic E-state index is 12.3. The predicted molar refractivity (Wildman–Crippen MR) is 89.4 cm³/mol. The number of amides is 1. The van der Waals surface area contributed by atoms with Gasteiger partial charge in [-0.05, 0) is 36.6 Å². The highest BCUT2D eigenvalue weighted by Crippen LogP contribution is 2.21. The van der Waals surface area contributed by atoms with E-state index in [0.29, 0.717) is 11.4 Å². The van der Waals surface area contributed by atoms with E-state index in [0.717, 1.165) is 4.88 Å². The highest BCUT2D eigenvalue weighted by Gasteiger charge is 2.18. The second kappa shape index (κ2) is 6.53. The van der Waals surface area contributed by atoms with Gasteiger partial charge in [-0.15, -0.1) is 11.3 Å². The lowest BCUT2D eigenvalue weighted by Gasteiger charge is -2.14. The van der Waals surface area contributed by atoms with Crippen LogP contribution in [0.15, 0.2) is 59.0 Å². The molecule has 0 aliphatic carbocycles. The van der Waals surface area contributed by atoms with Crippen LogP contribution < -0.4 is 10.9 Å². The first-order valence-electron chi connectivity index (χ1n) is 7.00. The van der Waals surface area contributed by atoms with Crippen LogP contribution in [-0.4, -0.2) is 20.7 Å². The van der Waals surface area contributed by atoms with Crippen molar-refractivity contribution in [2.75, 3.05) is 5.32 Å². The largest absolute Gasteiger partial charge is 0.324 e. The molecular formula is C16H14N4O2S. The lowest BCUT2D eigenvalue weighted by molar-refractivity contribution is -0.119. The maximum Gasteiger partial charge on any atom is 0.267 e. The van der Waals surface area contributed by atoms with Crippen LogP contribution in [0, 0.1) is 0 Å². The molecule has 0 aromatic carbocycles. The van der Waals surface area contributed by atoms with Crippen LogP contribution >= 0.6 is 11.3 Å². The number of rotatable bonds is 4. The van der Waals surface area contributed by atoms with Gasteiger partial charge in [0.15, 0.2) is 0 Å². The molecule has 0 saturated carbocycles. The van der Waals surface area contributed by atoms with Crippen molar-refractivity contribution >= 4 is 22.9 Å². The number of hydrogen-bond acceptors (Lipinski definition) is 5. The van der Waals surface area contributed by atoms with Crippen molar-refractivity contribution in [2.45, 2.75) is 13.0 Å². The quantitative estimate of drug-likeness (QED) is 0.799. The zero-order chi connectivity index (χ0) is 16.2. The van der Waals surface area contributed by atoms with E-state index in [1.54, 1.807) is 37.5 Å². The van der Waals surface area contributed by atoms with E-state index in [9.17, 15) is 9.59 Å². The molecule has 1 unspecified atom stereocenters. The van der Waals surface area contributed by atoms with Gasteiger partial charge in [0.25, 0.3) is 5.56 Å². The fourth-order valence-corrected chi connectivity index (χ4v) is 2.74. The van der Waals surface area contributed by atoms with Crippen molar-refractivity contribution in [3.8, 4) is 10.6 Å². The first kappa shape index (κ1) is 15.1. The molecular weight excluding hydrogens is 312 g/mol. The molecule has 0 fully saturated rings. The number of nitrogens with one attached hydrogen (secondary N) is 1. The number of hydrogen-bond donors (Lipinski definition) is 1.